The van der Waals surface area contributed by atoms with Gasteiger partial charge in [0.05, 0.1) is 6.04 Å². The van der Waals surface area contributed by atoms with Gasteiger partial charge in [-0.2, -0.15) is 0 Å². The van der Waals surface area contributed by atoms with Gasteiger partial charge in [-0.1, -0.05) is 19.3 Å². The number of rotatable bonds is 6. The number of hydrogen-bond acceptors (Lipinski definition) is 5. The molecule has 2 rings (SSSR count). The van der Waals surface area contributed by atoms with Crippen molar-refractivity contribution in [1.29, 1.82) is 0 Å². The number of ketones is 1. The van der Waals surface area contributed by atoms with Crippen LogP contribution in [0.4, 0.5) is 4.79 Å². The Morgan fingerprint density at radius 2 is 1.65 bits per heavy atom. The highest BCUT2D eigenvalue weighted by atomic mass is 16.6. The molecule has 2 aliphatic rings. The molecule has 1 heterocycles. The third-order valence-corrected chi connectivity index (χ3v) is 6.33. The predicted molar refractivity (Wildman–Crippen MR) is 117 cm³/mol. The monoisotopic (exact) mass is 437 g/mol. The normalized spacial score (nSPS) is 21.9. The van der Waals surface area contributed by atoms with Crippen LogP contribution in [0.1, 0.15) is 79.6 Å². The lowest BCUT2D eigenvalue weighted by molar-refractivity contribution is -0.142. The summed E-state index contributed by atoms with van der Waals surface area (Å²) >= 11 is 0. The first-order chi connectivity index (χ1) is 14.4. The maximum Gasteiger partial charge on any atom is 0.410 e. The Labute approximate surface area is 186 Å². The fourth-order valence-corrected chi connectivity index (χ4v) is 4.42. The average molecular weight is 438 g/mol. The molecule has 1 N–H and O–H groups in total. The summed E-state index contributed by atoms with van der Waals surface area (Å²) in [7, 11) is 1.52. The number of amides is 3. The van der Waals surface area contributed by atoms with Crippen molar-refractivity contribution in [3.8, 4) is 0 Å². The predicted octanol–water partition coefficient (Wildman–Crippen LogP) is 2.89. The van der Waals surface area contributed by atoms with Crippen LogP contribution in [0.25, 0.3) is 0 Å². The Kier molecular flexibility index (Phi) is 8.49. The topological polar surface area (TPSA) is 96.0 Å². The van der Waals surface area contributed by atoms with Gasteiger partial charge in [0, 0.05) is 13.6 Å². The van der Waals surface area contributed by atoms with Crippen molar-refractivity contribution in [2.45, 2.75) is 103 Å². The Balaban J connectivity index is 2.15. The van der Waals surface area contributed by atoms with Crippen LogP contribution in [0, 0.1) is 5.92 Å². The Morgan fingerprint density at radius 3 is 2.19 bits per heavy atom. The summed E-state index contributed by atoms with van der Waals surface area (Å²) in [5.74, 6) is -0.545. The molecule has 0 bridgehead atoms. The van der Waals surface area contributed by atoms with Gasteiger partial charge in [-0.05, 0) is 66.2 Å². The maximum atomic E-state index is 13.5. The molecule has 3 atom stereocenters. The molecule has 0 unspecified atom stereocenters. The van der Waals surface area contributed by atoms with Crippen LogP contribution in [0.2, 0.25) is 0 Å². The van der Waals surface area contributed by atoms with E-state index in [1.54, 1.807) is 32.6 Å². The zero-order valence-corrected chi connectivity index (χ0v) is 19.9. The summed E-state index contributed by atoms with van der Waals surface area (Å²) in [4.78, 5) is 53.8. The standard InChI is InChI=1S/C23H39N3O5/c1-15(25(6)22(30)31-23(3,4)5)20(28)24-19(17-11-8-7-9-12-17)21(29)26-14-10-13-18(26)16(2)27/h15,17-19H,7-14H2,1-6H3,(H,24,28)/t15-,18-,19-/m0/s1. The molecule has 1 saturated heterocycles. The number of nitrogens with zero attached hydrogens (tertiary/aromatic N) is 2. The molecule has 0 aromatic heterocycles. The SMILES string of the molecule is CC(=O)[C@@H]1CCCN1C(=O)[C@@H](NC(=O)[C@H](C)N(C)C(=O)OC(C)(C)C)C1CCCCC1. The summed E-state index contributed by atoms with van der Waals surface area (Å²) in [6, 6.07) is -1.88. The van der Waals surface area contributed by atoms with Crippen molar-refractivity contribution < 1.29 is 23.9 Å². The van der Waals surface area contributed by atoms with E-state index in [1.807, 2.05) is 0 Å². The lowest BCUT2D eigenvalue weighted by Gasteiger charge is -2.35. The first-order valence-electron chi connectivity index (χ1n) is 11.5. The van der Waals surface area contributed by atoms with E-state index in [0.29, 0.717) is 13.0 Å². The number of hydrogen-bond donors (Lipinski definition) is 1. The molecule has 1 aliphatic carbocycles. The van der Waals surface area contributed by atoms with E-state index < -0.39 is 35.7 Å². The second-order valence-corrected chi connectivity index (χ2v) is 9.95. The number of likely N-dealkylation sites (tertiary alicyclic amines) is 1. The Bertz CT molecular complexity index is 681. The number of likely N-dealkylation sites (N-methyl/N-ethyl adjacent to an activating group) is 1. The Morgan fingerprint density at radius 1 is 1.03 bits per heavy atom. The second-order valence-electron chi connectivity index (χ2n) is 9.95. The summed E-state index contributed by atoms with van der Waals surface area (Å²) in [5.41, 5.74) is -0.667. The molecule has 1 saturated carbocycles. The zero-order chi connectivity index (χ0) is 23.3. The second kappa shape index (κ2) is 10.5. The van der Waals surface area contributed by atoms with E-state index in [0.717, 1.165) is 38.5 Å². The highest BCUT2D eigenvalue weighted by molar-refractivity contribution is 5.94. The van der Waals surface area contributed by atoms with Gasteiger partial charge < -0.3 is 15.0 Å². The van der Waals surface area contributed by atoms with E-state index in [2.05, 4.69) is 5.32 Å². The molecule has 0 spiro atoms. The van der Waals surface area contributed by atoms with Gasteiger partial charge in [0.25, 0.3) is 0 Å². The van der Waals surface area contributed by atoms with Crippen molar-refractivity contribution in [3.63, 3.8) is 0 Å². The molecule has 0 aromatic rings. The summed E-state index contributed by atoms with van der Waals surface area (Å²) in [5, 5.41) is 2.93. The van der Waals surface area contributed by atoms with Crippen molar-refractivity contribution in [3.05, 3.63) is 0 Å². The minimum absolute atomic E-state index is 0.0161. The van der Waals surface area contributed by atoms with Crippen molar-refractivity contribution in [1.82, 2.24) is 15.1 Å². The summed E-state index contributed by atoms with van der Waals surface area (Å²) < 4.78 is 5.36. The quantitative estimate of drug-likeness (QED) is 0.689. The van der Waals surface area contributed by atoms with Crippen LogP contribution in [-0.2, 0) is 19.1 Å². The van der Waals surface area contributed by atoms with Gasteiger partial charge in [0.2, 0.25) is 11.8 Å². The average Bonchev–Trinajstić information content (AvgIpc) is 3.19. The summed E-state index contributed by atoms with van der Waals surface area (Å²) in [6.45, 7) is 8.97. The first kappa shape index (κ1) is 25.1. The molecule has 2 fully saturated rings. The van der Waals surface area contributed by atoms with Gasteiger partial charge in [-0.15, -0.1) is 0 Å². The molecule has 1 aliphatic heterocycles. The minimum Gasteiger partial charge on any atom is -0.444 e. The van der Waals surface area contributed by atoms with Crippen LogP contribution in [-0.4, -0.2) is 70.8 Å². The number of carbonyl (C=O) groups is 4. The van der Waals surface area contributed by atoms with E-state index in [1.165, 1.54) is 18.9 Å². The Hall–Kier alpha value is -2.12. The van der Waals surface area contributed by atoms with Gasteiger partial charge >= 0.3 is 6.09 Å². The van der Waals surface area contributed by atoms with Crippen molar-refractivity contribution >= 4 is 23.7 Å². The van der Waals surface area contributed by atoms with Crippen LogP contribution in [0.5, 0.6) is 0 Å². The van der Waals surface area contributed by atoms with Crippen LogP contribution >= 0.6 is 0 Å². The van der Waals surface area contributed by atoms with Gasteiger partial charge in [-0.3, -0.25) is 19.3 Å². The van der Waals surface area contributed by atoms with E-state index in [-0.39, 0.29) is 17.6 Å². The lowest BCUT2D eigenvalue weighted by atomic mass is 9.83. The highest BCUT2D eigenvalue weighted by Crippen LogP contribution is 2.29. The highest BCUT2D eigenvalue weighted by Gasteiger charge is 2.40. The van der Waals surface area contributed by atoms with E-state index >= 15 is 0 Å². The van der Waals surface area contributed by atoms with Crippen LogP contribution in [0.15, 0.2) is 0 Å². The first-order valence-corrected chi connectivity index (χ1v) is 11.5. The molecular formula is C23H39N3O5. The molecule has 3 amide bonds. The van der Waals surface area contributed by atoms with Crippen molar-refractivity contribution in [2.24, 2.45) is 5.92 Å². The fourth-order valence-electron chi connectivity index (χ4n) is 4.42. The van der Waals surface area contributed by atoms with E-state index in [4.69, 9.17) is 4.74 Å². The molecular weight excluding hydrogens is 398 g/mol. The van der Waals surface area contributed by atoms with Gasteiger partial charge in [-0.25, -0.2) is 4.79 Å². The maximum absolute atomic E-state index is 13.5. The molecule has 176 valence electrons. The van der Waals surface area contributed by atoms with Crippen LogP contribution in [0.3, 0.4) is 0 Å². The number of ether oxygens (including phenoxy) is 1. The van der Waals surface area contributed by atoms with E-state index in [9.17, 15) is 19.2 Å². The summed E-state index contributed by atoms with van der Waals surface area (Å²) in [6.07, 6.45) is 5.78. The zero-order valence-electron chi connectivity index (χ0n) is 19.9. The fraction of sp³-hybridized carbons (Fsp3) is 0.826. The van der Waals surface area contributed by atoms with Gasteiger partial charge in [0.1, 0.15) is 17.7 Å². The minimum atomic E-state index is -0.795. The van der Waals surface area contributed by atoms with Crippen molar-refractivity contribution in [2.75, 3.05) is 13.6 Å². The molecule has 31 heavy (non-hydrogen) atoms. The number of nitrogens with one attached hydrogen (secondary N) is 1. The lowest BCUT2D eigenvalue weighted by Crippen LogP contribution is -2.58. The van der Waals surface area contributed by atoms with Crippen LogP contribution < -0.4 is 5.32 Å². The third kappa shape index (κ3) is 6.68. The largest absolute Gasteiger partial charge is 0.444 e. The molecule has 0 radical (unpaired) electrons. The molecule has 8 heteroatoms. The number of Topliss-reactive ketones (excluding diaryl/α,β-unsaturated/α-hetero) is 1. The number of carbonyl (C=O) groups excluding carboxylic acids is 4. The smallest absolute Gasteiger partial charge is 0.410 e. The van der Waals surface area contributed by atoms with Gasteiger partial charge in [0.15, 0.2) is 5.78 Å². The molecule has 0 aromatic carbocycles. The molecule has 8 nitrogen and oxygen atoms in total. The third-order valence-electron chi connectivity index (χ3n) is 6.33.